The zero-order chi connectivity index (χ0) is 13.7. The molecule has 0 aliphatic carbocycles. The van der Waals surface area contributed by atoms with Gasteiger partial charge in [-0.3, -0.25) is 4.90 Å². The van der Waals surface area contributed by atoms with Gasteiger partial charge in [0.05, 0.1) is 25.6 Å². The number of piperazine rings is 1. The summed E-state index contributed by atoms with van der Waals surface area (Å²) in [4.78, 5) is 2.15. The number of nitrogens with one attached hydrogen (secondary N) is 1. The number of rotatable bonds is 4. The van der Waals surface area contributed by atoms with E-state index in [1.807, 2.05) is 0 Å². The van der Waals surface area contributed by atoms with E-state index in [-0.39, 0.29) is 18.3 Å². The van der Waals surface area contributed by atoms with Gasteiger partial charge < -0.3 is 10.1 Å². The van der Waals surface area contributed by atoms with Crippen LogP contribution >= 0.6 is 0 Å². The molecule has 1 fully saturated rings. The molecule has 1 heterocycles. The Morgan fingerprint density at radius 1 is 1.47 bits per heavy atom. The van der Waals surface area contributed by atoms with Crippen molar-refractivity contribution in [1.82, 2.24) is 10.2 Å². The van der Waals surface area contributed by atoms with Crippen LogP contribution < -0.4 is 10.1 Å². The minimum absolute atomic E-state index is 0.206. The molecule has 19 heavy (non-hydrogen) atoms. The predicted octanol–water partition coefficient (Wildman–Crippen LogP) is 1.69. The van der Waals surface area contributed by atoms with Crippen LogP contribution in [-0.2, 0) is 0 Å². The molecule has 1 N–H and O–H groups in total. The molecule has 102 valence electrons. The quantitative estimate of drug-likeness (QED) is 0.898. The summed E-state index contributed by atoms with van der Waals surface area (Å²) in [6.45, 7) is 3.38. The average molecular weight is 263 g/mol. The maximum Gasteiger partial charge on any atom is 0.128 e. The molecule has 0 radical (unpaired) electrons. The third-order valence-electron chi connectivity index (χ3n) is 3.44. The van der Waals surface area contributed by atoms with Crippen LogP contribution in [0.2, 0.25) is 0 Å². The molecule has 0 aromatic heterocycles. The van der Waals surface area contributed by atoms with Gasteiger partial charge >= 0.3 is 0 Å². The largest absolute Gasteiger partial charge is 0.497 e. The lowest BCUT2D eigenvalue weighted by atomic mass is 10.0. The minimum atomic E-state index is -0.278. The first-order valence-electron chi connectivity index (χ1n) is 6.41. The lowest BCUT2D eigenvalue weighted by Crippen LogP contribution is -2.45. The van der Waals surface area contributed by atoms with E-state index in [0.29, 0.717) is 11.3 Å². The fourth-order valence-electron chi connectivity index (χ4n) is 2.42. The first-order valence-corrected chi connectivity index (χ1v) is 6.41. The van der Waals surface area contributed by atoms with Crippen molar-refractivity contribution in [2.24, 2.45) is 0 Å². The van der Waals surface area contributed by atoms with Gasteiger partial charge in [-0.2, -0.15) is 5.26 Å². The van der Waals surface area contributed by atoms with Crippen molar-refractivity contribution in [3.8, 4) is 11.8 Å². The van der Waals surface area contributed by atoms with Crippen molar-refractivity contribution in [2.75, 3.05) is 33.3 Å². The van der Waals surface area contributed by atoms with Gasteiger partial charge in [0, 0.05) is 31.7 Å². The van der Waals surface area contributed by atoms with E-state index in [4.69, 9.17) is 10.00 Å². The Kier molecular flexibility index (Phi) is 4.72. The molecule has 1 aromatic carbocycles. The molecule has 2 rings (SSSR count). The number of ether oxygens (including phenoxy) is 1. The van der Waals surface area contributed by atoms with Crippen molar-refractivity contribution in [3.05, 3.63) is 29.6 Å². The lowest BCUT2D eigenvalue weighted by Gasteiger charge is -2.34. The molecule has 1 atom stereocenters. The van der Waals surface area contributed by atoms with Gasteiger partial charge in [0.15, 0.2) is 0 Å². The highest BCUT2D eigenvalue weighted by Gasteiger charge is 2.24. The van der Waals surface area contributed by atoms with Crippen molar-refractivity contribution in [1.29, 1.82) is 5.26 Å². The van der Waals surface area contributed by atoms with Crippen LogP contribution in [0.1, 0.15) is 18.0 Å². The highest BCUT2D eigenvalue weighted by atomic mass is 19.1. The Morgan fingerprint density at radius 3 is 2.84 bits per heavy atom. The number of hydrogen-bond acceptors (Lipinski definition) is 4. The Labute approximate surface area is 112 Å². The van der Waals surface area contributed by atoms with E-state index in [9.17, 15) is 4.39 Å². The molecule has 1 aromatic rings. The highest BCUT2D eigenvalue weighted by molar-refractivity contribution is 5.32. The van der Waals surface area contributed by atoms with E-state index in [1.165, 1.54) is 6.07 Å². The summed E-state index contributed by atoms with van der Waals surface area (Å²) in [6.07, 6.45) is 0.282. The van der Waals surface area contributed by atoms with E-state index in [2.05, 4.69) is 16.3 Å². The summed E-state index contributed by atoms with van der Waals surface area (Å²) in [5.74, 6) is 0.342. The van der Waals surface area contributed by atoms with Crippen molar-refractivity contribution >= 4 is 0 Å². The van der Waals surface area contributed by atoms with Crippen LogP contribution in [0.25, 0.3) is 0 Å². The maximum atomic E-state index is 14.0. The fourth-order valence-corrected chi connectivity index (χ4v) is 2.42. The summed E-state index contributed by atoms with van der Waals surface area (Å²) >= 11 is 0. The Bertz CT molecular complexity index is 466. The van der Waals surface area contributed by atoms with E-state index in [1.54, 1.807) is 19.2 Å². The summed E-state index contributed by atoms with van der Waals surface area (Å²) in [5.41, 5.74) is 0.544. The fraction of sp³-hybridized carbons (Fsp3) is 0.500. The minimum Gasteiger partial charge on any atom is -0.497 e. The third-order valence-corrected chi connectivity index (χ3v) is 3.44. The monoisotopic (exact) mass is 263 g/mol. The molecular weight excluding hydrogens is 245 g/mol. The van der Waals surface area contributed by atoms with Crippen LogP contribution in [0.15, 0.2) is 18.2 Å². The van der Waals surface area contributed by atoms with Crippen molar-refractivity contribution < 1.29 is 9.13 Å². The molecule has 0 bridgehead atoms. The number of halogens is 1. The summed E-state index contributed by atoms with van der Waals surface area (Å²) < 4.78 is 19.2. The second-order valence-corrected chi connectivity index (χ2v) is 4.55. The maximum absolute atomic E-state index is 14.0. The van der Waals surface area contributed by atoms with Crippen LogP contribution in [-0.4, -0.2) is 38.2 Å². The zero-order valence-corrected chi connectivity index (χ0v) is 11.0. The summed E-state index contributed by atoms with van der Waals surface area (Å²) in [6, 6.07) is 6.65. The molecule has 0 amide bonds. The standard InChI is InChI=1S/C14H18FN3O/c1-19-11-2-3-13(15)12(10-11)14(4-5-16)18-8-6-17-7-9-18/h2-3,10,14,17H,4,6-9H2,1H3/t14-/m0/s1. The smallest absolute Gasteiger partial charge is 0.128 e. The molecule has 1 saturated heterocycles. The number of benzene rings is 1. The van der Waals surface area contributed by atoms with Crippen molar-refractivity contribution in [3.63, 3.8) is 0 Å². The number of nitriles is 1. The normalized spacial score (nSPS) is 17.7. The Morgan fingerprint density at radius 2 is 2.21 bits per heavy atom. The molecular formula is C14H18FN3O. The van der Waals surface area contributed by atoms with Crippen LogP contribution in [0.3, 0.4) is 0 Å². The predicted molar refractivity (Wildman–Crippen MR) is 70.4 cm³/mol. The van der Waals surface area contributed by atoms with Gasteiger partial charge in [-0.25, -0.2) is 4.39 Å². The number of nitrogens with zero attached hydrogens (tertiary/aromatic N) is 2. The second-order valence-electron chi connectivity index (χ2n) is 4.55. The van der Waals surface area contributed by atoms with Gasteiger partial charge in [0.2, 0.25) is 0 Å². The van der Waals surface area contributed by atoms with Gasteiger partial charge in [-0.05, 0) is 18.2 Å². The number of hydrogen-bond donors (Lipinski definition) is 1. The summed E-state index contributed by atoms with van der Waals surface area (Å²) in [5, 5.41) is 12.3. The van der Waals surface area contributed by atoms with Crippen molar-refractivity contribution in [2.45, 2.75) is 12.5 Å². The van der Waals surface area contributed by atoms with Crippen LogP contribution in [0, 0.1) is 17.1 Å². The van der Waals surface area contributed by atoms with Gasteiger partial charge in [-0.1, -0.05) is 0 Å². The topological polar surface area (TPSA) is 48.3 Å². The highest BCUT2D eigenvalue weighted by Crippen LogP contribution is 2.29. The van der Waals surface area contributed by atoms with E-state index < -0.39 is 0 Å². The first-order chi connectivity index (χ1) is 9.26. The Balaban J connectivity index is 2.29. The third kappa shape index (κ3) is 3.22. The first kappa shape index (κ1) is 13.8. The van der Waals surface area contributed by atoms with E-state index in [0.717, 1.165) is 26.2 Å². The molecule has 1 aliphatic rings. The Hall–Kier alpha value is -1.64. The van der Waals surface area contributed by atoms with Gasteiger partial charge in [0.25, 0.3) is 0 Å². The van der Waals surface area contributed by atoms with Crippen LogP contribution in [0.4, 0.5) is 4.39 Å². The molecule has 0 saturated carbocycles. The average Bonchev–Trinajstić information content (AvgIpc) is 2.47. The summed E-state index contributed by atoms with van der Waals surface area (Å²) in [7, 11) is 1.56. The lowest BCUT2D eigenvalue weighted by molar-refractivity contribution is 0.172. The number of methoxy groups -OCH3 is 1. The van der Waals surface area contributed by atoms with Gasteiger partial charge in [0.1, 0.15) is 11.6 Å². The van der Waals surface area contributed by atoms with Gasteiger partial charge in [-0.15, -0.1) is 0 Å². The SMILES string of the molecule is COc1ccc(F)c([C@H](CC#N)N2CCNCC2)c1. The molecule has 1 aliphatic heterocycles. The molecule has 0 unspecified atom stereocenters. The molecule has 5 heteroatoms. The molecule has 0 spiro atoms. The molecule has 4 nitrogen and oxygen atoms in total. The van der Waals surface area contributed by atoms with Crippen LogP contribution in [0.5, 0.6) is 5.75 Å². The second kappa shape index (κ2) is 6.50. The van der Waals surface area contributed by atoms with E-state index >= 15 is 0 Å². The zero-order valence-electron chi connectivity index (χ0n) is 11.0.